The molecule has 1 aliphatic carbocycles. The zero-order chi connectivity index (χ0) is 12.3. The van der Waals surface area contributed by atoms with Crippen LogP contribution in [0.25, 0.3) is 0 Å². The predicted molar refractivity (Wildman–Crippen MR) is 68.3 cm³/mol. The van der Waals surface area contributed by atoms with Gasteiger partial charge in [0.15, 0.2) is 0 Å². The van der Waals surface area contributed by atoms with Crippen molar-refractivity contribution in [1.29, 1.82) is 0 Å². The van der Waals surface area contributed by atoms with Gasteiger partial charge < -0.3 is 10.4 Å². The molecule has 0 unspecified atom stereocenters. The van der Waals surface area contributed by atoms with Gasteiger partial charge in [-0.2, -0.15) is 0 Å². The molecule has 17 heavy (non-hydrogen) atoms. The Kier molecular flexibility index (Phi) is 3.84. The van der Waals surface area contributed by atoms with Gasteiger partial charge in [-0.05, 0) is 19.8 Å². The number of aliphatic hydroxyl groups excluding tert-OH is 1. The van der Waals surface area contributed by atoms with E-state index in [1.807, 2.05) is 6.92 Å². The maximum Gasteiger partial charge on any atom is 0.137 e. The summed E-state index contributed by atoms with van der Waals surface area (Å²) in [7, 11) is 0. The lowest BCUT2D eigenvalue weighted by Crippen LogP contribution is -2.31. The van der Waals surface area contributed by atoms with E-state index >= 15 is 0 Å². The number of nitrogens with one attached hydrogen (secondary N) is 1. The molecule has 0 aliphatic heterocycles. The lowest BCUT2D eigenvalue weighted by Gasteiger charge is -2.27. The van der Waals surface area contributed by atoms with Crippen molar-refractivity contribution in [3.63, 3.8) is 0 Å². The smallest absolute Gasteiger partial charge is 0.137 e. The lowest BCUT2D eigenvalue weighted by atomic mass is 9.87. The van der Waals surface area contributed by atoms with Gasteiger partial charge in [0, 0.05) is 17.5 Å². The topological polar surface area (TPSA) is 58.0 Å². The van der Waals surface area contributed by atoms with E-state index in [0.717, 1.165) is 30.8 Å². The normalized spacial score (nSPS) is 18.3. The molecule has 0 aromatic carbocycles. The number of rotatable bonds is 4. The van der Waals surface area contributed by atoms with Gasteiger partial charge in [0.25, 0.3) is 0 Å². The molecule has 1 aliphatic rings. The van der Waals surface area contributed by atoms with Crippen molar-refractivity contribution in [1.82, 2.24) is 9.97 Å². The molecule has 4 nitrogen and oxygen atoms in total. The summed E-state index contributed by atoms with van der Waals surface area (Å²) in [5.41, 5.74) is 0.879. The van der Waals surface area contributed by atoms with E-state index in [0.29, 0.717) is 5.15 Å². The molecule has 2 rings (SSSR count). The van der Waals surface area contributed by atoms with Crippen molar-refractivity contribution in [3.8, 4) is 0 Å². The molecule has 1 aromatic heterocycles. The van der Waals surface area contributed by atoms with Gasteiger partial charge in [0.05, 0.1) is 6.61 Å². The molecule has 0 saturated heterocycles. The first-order valence-electron chi connectivity index (χ1n) is 5.99. The summed E-state index contributed by atoms with van der Waals surface area (Å²) in [4.78, 5) is 8.10. The molecule has 94 valence electrons. The Labute approximate surface area is 106 Å². The van der Waals surface area contributed by atoms with Crippen molar-refractivity contribution >= 4 is 17.4 Å². The van der Waals surface area contributed by atoms with Crippen LogP contribution in [0, 0.1) is 12.3 Å². The molecule has 0 bridgehead atoms. The Hall–Kier alpha value is -0.870. The standard InChI is InChI=1S/C12H18ClN3O/c1-9-10(13)15-8-16-11(9)14-6-12(7-17)4-2-3-5-12/h8,17H,2-7H2,1H3,(H,14,15,16). The number of halogens is 1. The van der Waals surface area contributed by atoms with Crippen LogP contribution < -0.4 is 5.32 Å². The molecule has 0 atom stereocenters. The number of aromatic nitrogens is 2. The largest absolute Gasteiger partial charge is 0.396 e. The molecule has 5 heteroatoms. The van der Waals surface area contributed by atoms with E-state index in [-0.39, 0.29) is 12.0 Å². The van der Waals surface area contributed by atoms with E-state index in [2.05, 4.69) is 15.3 Å². The monoisotopic (exact) mass is 255 g/mol. The average Bonchev–Trinajstić information content (AvgIpc) is 2.81. The fourth-order valence-corrected chi connectivity index (χ4v) is 2.53. The van der Waals surface area contributed by atoms with Crippen molar-refractivity contribution in [2.45, 2.75) is 32.6 Å². The van der Waals surface area contributed by atoms with E-state index in [4.69, 9.17) is 11.6 Å². The van der Waals surface area contributed by atoms with E-state index in [9.17, 15) is 5.11 Å². The minimum atomic E-state index is 0.0177. The number of nitrogens with zero attached hydrogens (tertiary/aromatic N) is 2. The van der Waals surface area contributed by atoms with Crippen molar-refractivity contribution in [2.75, 3.05) is 18.5 Å². The highest BCUT2D eigenvalue weighted by Gasteiger charge is 2.33. The molecule has 0 spiro atoms. The minimum Gasteiger partial charge on any atom is -0.396 e. The molecule has 1 heterocycles. The van der Waals surface area contributed by atoms with Gasteiger partial charge in [0.2, 0.25) is 0 Å². The maximum absolute atomic E-state index is 9.52. The van der Waals surface area contributed by atoms with E-state index in [1.54, 1.807) is 0 Å². The Bertz CT molecular complexity index is 391. The molecule has 0 radical (unpaired) electrons. The molecule has 1 saturated carbocycles. The average molecular weight is 256 g/mol. The van der Waals surface area contributed by atoms with Crippen LogP contribution in [0.4, 0.5) is 5.82 Å². The first kappa shape index (κ1) is 12.6. The molecule has 1 aromatic rings. The summed E-state index contributed by atoms with van der Waals surface area (Å²) in [6, 6.07) is 0. The Morgan fingerprint density at radius 1 is 1.41 bits per heavy atom. The maximum atomic E-state index is 9.52. The highest BCUT2D eigenvalue weighted by Crippen LogP contribution is 2.37. The van der Waals surface area contributed by atoms with Crippen LogP contribution in [-0.2, 0) is 0 Å². The van der Waals surface area contributed by atoms with Crippen molar-refractivity contribution < 1.29 is 5.11 Å². The number of hydrogen-bond donors (Lipinski definition) is 2. The summed E-state index contributed by atoms with van der Waals surface area (Å²) in [6.45, 7) is 2.88. The van der Waals surface area contributed by atoms with Crippen LogP contribution in [0.3, 0.4) is 0 Å². The van der Waals surface area contributed by atoms with Crippen LogP contribution in [0.15, 0.2) is 6.33 Å². The van der Waals surface area contributed by atoms with Crippen LogP contribution in [0.5, 0.6) is 0 Å². The fourth-order valence-electron chi connectivity index (χ4n) is 2.39. The van der Waals surface area contributed by atoms with Gasteiger partial charge in [-0.1, -0.05) is 24.4 Å². The summed E-state index contributed by atoms with van der Waals surface area (Å²) in [6.07, 6.45) is 6.01. The Morgan fingerprint density at radius 2 is 2.12 bits per heavy atom. The predicted octanol–water partition coefficient (Wildman–Crippen LogP) is 2.40. The van der Waals surface area contributed by atoms with Crippen LogP contribution in [-0.4, -0.2) is 28.2 Å². The van der Waals surface area contributed by atoms with Crippen LogP contribution in [0.2, 0.25) is 5.15 Å². The van der Waals surface area contributed by atoms with E-state index in [1.165, 1.54) is 19.2 Å². The second kappa shape index (κ2) is 5.19. The van der Waals surface area contributed by atoms with Gasteiger partial charge in [-0.15, -0.1) is 0 Å². The number of hydrogen-bond acceptors (Lipinski definition) is 4. The van der Waals surface area contributed by atoms with Gasteiger partial charge in [-0.25, -0.2) is 9.97 Å². The van der Waals surface area contributed by atoms with Crippen molar-refractivity contribution in [2.24, 2.45) is 5.41 Å². The molecule has 0 amide bonds. The zero-order valence-corrected chi connectivity index (χ0v) is 10.8. The summed E-state index contributed by atoms with van der Waals surface area (Å²) in [5.74, 6) is 0.768. The first-order valence-corrected chi connectivity index (χ1v) is 6.36. The highest BCUT2D eigenvalue weighted by molar-refractivity contribution is 6.30. The van der Waals surface area contributed by atoms with Crippen LogP contribution in [0.1, 0.15) is 31.2 Å². The molecule has 2 N–H and O–H groups in total. The van der Waals surface area contributed by atoms with Gasteiger partial charge >= 0.3 is 0 Å². The summed E-state index contributed by atoms with van der Waals surface area (Å²) < 4.78 is 0. The Balaban J connectivity index is 2.04. The molecule has 1 fully saturated rings. The SMILES string of the molecule is Cc1c(Cl)ncnc1NCC1(CO)CCCC1. The number of aliphatic hydroxyl groups is 1. The molecular weight excluding hydrogens is 238 g/mol. The number of anilines is 1. The highest BCUT2D eigenvalue weighted by atomic mass is 35.5. The summed E-state index contributed by atoms with van der Waals surface area (Å²) in [5, 5.41) is 13.3. The third-order valence-electron chi connectivity index (χ3n) is 3.65. The first-order chi connectivity index (χ1) is 8.17. The molecular formula is C12H18ClN3O. The minimum absolute atomic E-state index is 0.0177. The second-order valence-corrected chi connectivity index (χ2v) is 5.21. The summed E-state index contributed by atoms with van der Waals surface area (Å²) >= 11 is 5.94. The fraction of sp³-hybridized carbons (Fsp3) is 0.667. The zero-order valence-electron chi connectivity index (χ0n) is 10.0. The second-order valence-electron chi connectivity index (χ2n) is 4.86. The van der Waals surface area contributed by atoms with Gasteiger partial charge in [-0.3, -0.25) is 0 Å². The van der Waals surface area contributed by atoms with Gasteiger partial charge in [0.1, 0.15) is 17.3 Å². The Morgan fingerprint density at radius 3 is 2.76 bits per heavy atom. The van der Waals surface area contributed by atoms with Crippen LogP contribution >= 0.6 is 11.6 Å². The third-order valence-corrected chi connectivity index (χ3v) is 4.03. The quantitative estimate of drug-likeness (QED) is 0.812. The lowest BCUT2D eigenvalue weighted by molar-refractivity contribution is 0.142. The van der Waals surface area contributed by atoms with E-state index < -0.39 is 0 Å². The third kappa shape index (κ3) is 2.69. The van der Waals surface area contributed by atoms with Crippen molar-refractivity contribution in [3.05, 3.63) is 17.0 Å².